The first kappa shape index (κ1) is 27.5. The Kier molecular flexibility index (Phi) is 7.68. The fourth-order valence-corrected chi connectivity index (χ4v) is 6.25. The number of amides is 1. The van der Waals surface area contributed by atoms with Gasteiger partial charge in [-0.05, 0) is 36.1 Å². The van der Waals surface area contributed by atoms with E-state index in [9.17, 15) is 9.18 Å². The molecule has 7 rings (SSSR count). The van der Waals surface area contributed by atoms with E-state index in [-0.39, 0.29) is 23.1 Å². The largest absolute Gasteiger partial charge is 0.491 e. The number of nitrogens with one attached hydrogen (secondary N) is 2. The number of anilines is 3. The lowest BCUT2D eigenvalue weighted by molar-refractivity contribution is -0.116. The Hall–Kier alpha value is -3.35. The summed E-state index contributed by atoms with van der Waals surface area (Å²) in [5, 5.41) is 6.81. The quantitative estimate of drug-likeness (QED) is 0.355. The van der Waals surface area contributed by atoms with E-state index in [1.165, 1.54) is 24.5 Å². The molecule has 1 saturated carbocycles. The number of fused-ring (bicyclic) bond motifs is 3. The molecule has 1 aliphatic carbocycles. The first-order chi connectivity index (χ1) is 20.5. The number of hydrogen-bond donors (Lipinski definition) is 2. The molecule has 4 heterocycles. The Morgan fingerprint density at radius 2 is 1.90 bits per heavy atom. The SMILES string of the molecule is O=C(C=CCN1CC2OCCOC2C1)Nc1cc2c(Nc3ccc(F)c(Cl)c3)ncnc2cc1OCC1C2COCC21. The summed E-state index contributed by atoms with van der Waals surface area (Å²) in [6.45, 7) is 5.51. The van der Waals surface area contributed by atoms with E-state index in [1.807, 2.05) is 6.08 Å². The standard InChI is InChI=1S/C30H31ClFN5O5/c31-22-8-17(3-4-23(22)32)35-30-18-9-25(36-29(38)2-1-5-37-11-27-28(12-37)41-7-6-40-27)26(10-24(18)33-16-34-30)42-15-21-19-13-39-14-20(19)21/h1-4,8-10,16,19-21,27-28H,5-7,11-15H2,(H,36,38)(H,33,34,35). The maximum atomic E-state index is 13.7. The number of benzene rings is 2. The highest BCUT2D eigenvalue weighted by Gasteiger charge is 2.54. The molecular weight excluding hydrogens is 565 g/mol. The molecule has 3 saturated heterocycles. The van der Waals surface area contributed by atoms with Gasteiger partial charge in [0.1, 0.15) is 23.7 Å². The van der Waals surface area contributed by atoms with Crippen LogP contribution in [0, 0.1) is 23.6 Å². The Morgan fingerprint density at radius 1 is 1.12 bits per heavy atom. The number of hydrogen-bond acceptors (Lipinski definition) is 9. The van der Waals surface area contributed by atoms with Gasteiger partial charge in [0.25, 0.3) is 0 Å². The van der Waals surface area contributed by atoms with Crippen LogP contribution in [0.1, 0.15) is 0 Å². The van der Waals surface area contributed by atoms with Crippen LogP contribution in [0.15, 0.2) is 48.8 Å². The lowest BCUT2D eigenvalue weighted by atomic mass is 10.1. The van der Waals surface area contributed by atoms with Gasteiger partial charge >= 0.3 is 0 Å². The van der Waals surface area contributed by atoms with Crippen molar-refractivity contribution in [2.45, 2.75) is 12.2 Å². The number of ether oxygens (including phenoxy) is 4. The number of halogens is 2. The molecule has 0 bridgehead atoms. The highest BCUT2D eigenvalue weighted by Crippen LogP contribution is 2.51. The Labute approximate surface area is 247 Å². The molecule has 12 heteroatoms. The average Bonchev–Trinajstić information content (AvgIpc) is 3.28. The summed E-state index contributed by atoms with van der Waals surface area (Å²) in [4.78, 5) is 24.1. The highest BCUT2D eigenvalue weighted by atomic mass is 35.5. The van der Waals surface area contributed by atoms with Crippen molar-refractivity contribution in [3.63, 3.8) is 0 Å². The molecule has 2 aromatic carbocycles. The molecule has 3 aromatic rings. The molecule has 10 nitrogen and oxygen atoms in total. The fraction of sp³-hybridized carbons (Fsp3) is 0.433. The van der Waals surface area contributed by atoms with Gasteiger partial charge in [-0.2, -0.15) is 0 Å². The van der Waals surface area contributed by atoms with E-state index >= 15 is 0 Å². The van der Waals surface area contributed by atoms with Crippen LogP contribution in [0.2, 0.25) is 5.02 Å². The van der Waals surface area contributed by atoms with Gasteiger partial charge in [0.05, 0.1) is 61.5 Å². The van der Waals surface area contributed by atoms with Crippen LogP contribution in [0.3, 0.4) is 0 Å². The predicted octanol–water partition coefficient (Wildman–Crippen LogP) is 4.03. The van der Waals surface area contributed by atoms with E-state index in [0.29, 0.717) is 78.0 Å². The minimum Gasteiger partial charge on any atom is -0.491 e. The Morgan fingerprint density at radius 3 is 2.67 bits per heavy atom. The third-order valence-corrected chi connectivity index (χ3v) is 8.70. The van der Waals surface area contributed by atoms with E-state index in [1.54, 1.807) is 18.2 Å². The molecule has 4 aliphatic rings. The van der Waals surface area contributed by atoms with Crippen molar-refractivity contribution in [2.75, 3.05) is 63.3 Å². The lowest BCUT2D eigenvalue weighted by Gasteiger charge is -2.24. The van der Waals surface area contributed by atoms with Crippen molar-refractivity contribution in [1.82, 2.24) is 14.9 Å². The smallest absolute Gasteiger partial charge is 0.248 e. The minimum absolute atomic E-state index is 0.00299. The molecule has 220 valence electrons. The van der Waals surface area contributed by atoms with Gasteiger partial charge in [0.2, 0.25) is 5.91 Å². The van der Waals surface area contributed by atoms with Gasteiger partial charge in [0.15, 0.2) is 0 Å². The summed E-state index contributed by atoms with van der Waals surface area (Å²) < 4.78 is 37.0. The molecular formula is C30H31ClFN5O5. The van der Waals surface area contributed by atoms with Crippen LogP contribution in [0.5, 0.6) is 5.75 Å². The first-order valence-corrected chi connectivity index (χ1v) is 14.5. The molecule has 4 unspecified atom stereocenters. The number of carbonyl (C=O) groups excluding carboxylic acids is 1. The first-order valence-electron chi connectivity index (χ1n) is 14.2. The summed E-state index contributed by atoms with van der Waals surface area (Å²) in [7, 11) is 0. The summed E-state index contributed by atoms with van der Waals surface area (Å²) in [5.41, 5.74) is 1.70. The number of likely N-dealkylation sites (tertiary alicyclic amines) is 1. The highest BCUT2D eigenvalue weighted by molar-refractivity contribution is 6.31. The van der Waals surface area contributed by atoms with Crippen LogP contribution in [-0.2, 0) is 19.0 Å². The van der Waals surface area contributed by atoms with Crippen molar-refractivity contribution < 1.29 is 28.1 Å². The van der Waals surface area contributed by atoms with Gasteiger partial charge in [-0.3, -0.25) is 9.69 Å². The average molecular weight is 596 g/mol. The van der Waals surface area contributed by atoms with Gasteiger partial charge < -0.3 is 29.6 Å². The second-order valence-corrected chi connectivity index (χ2v) is 11.5. The third-order valence-electron chi connectivity index (χ3n) is 8.41. The van der Waals surface area contributed by atoms with E-state index in [4.69, 9.17) is 30.5 Å². The van der Waals surface area contributed by atoms with Crippen LogP contribution in [-0.4, -0.2) is 85.7 Å². The fourth-order valence-electron chi connectivity index (χ4n) is 6.07. The van der Waals surface area contributed by atoms with Gasteiger partial charge in [-0.15, -0.1) is 0 Å². The lowest BCUT2D eigenvalue weighted by Crippen LogP contribution is -2.36. The molecule has 0 radical (unpaired) electrons. The molecule has 4 fully saturated rings. The van der Waals surface area contributed by atoms with Crippen molar-refractivity contribution >= 4 is 45.6 Å². The molecule has 1 aromatic heterocycles. The topological polar surface area (TPSA) is 107 Å². The van der Waals surface area contributed by atoms with E-state index in [0.717, 1.165) is 26.3 Å². The predicted molar refractivity (Wildman–Crippen MR) is 155 cm³/mol. The molecule has 42 heavy (non-hydrogen) atoms. The maximum Gasteiger partial charge on any atom is 0.248 e. The summed E-state index contributed by atoms with van der Waals surface area (Å²) >= 11 is 5.98. The zero-order valence-corrected chi connectivity index (χ0v) is 23.6. The number of aromatic nitrogens is 2. The summed E-state index contributed by atoms with van der Waals surface area (Å²) in [6, 6.07) is 7.94. The van der Waals surface area contributed by atoms with Gasteiger partial charge in [0, 0.05) is 48.8 Å². The molecule has 0 spiro atoms. The minimum atomic E-state index is -0.509. The summed E-state index contributed by atoms with van der Waals surface area (Å²) in [6.07, 6.45) is 4.99. The van der Waals surface area contributed by atoms with Crippen molar-refractivity contribution in [3.05, 3.63) is 59.7 Å². The van der Waals surface area contributed by atoms with Crippen LogP contribution >= 0.6 is 11.6 Å². The second kappa shape index (κ2) is 11.7. The van der Waals surface area contributed by atoms with Crippen molar-refractivity contribution in [2.24, 2.45) is 17.8 Å². The van der Waals surface area contributed by atoms with Crippen LogP contribution in [0.25, 0.3) is 10.9 Å². The van der Waals surface area contributed by atoms with Crippen molar-refractivity contribution in [3.8, 4) is 5.75 Å². The Balaban J connectivity index is 1.09. The number of carbonyl (C=O) groups is 1. The molecule has 4 atom stereocenters. The van der Waals surface area contributed by atoms with Crippen LogP contribution in [0.4, 0.5) is 21.6 Å². The second-order valence-electron chi connectivity index (χ2n) is 11.1. The van der Waals surface area contributed by atoms with Gasteiger partial charge in [-0.1, -0.05) is 17.7 Å². The Bertz CT molecular complexity index is 1500. The molecule has 2 N–H and O–H groups in total. The molecule has 1 amide bonds. The third kappa shape index (κ3) is 5.80. The number of nitrogens with zero attached hydrogens (tertiary/aromatic N) is 3. The van der Waals surface area contributed by atoms with E-state index in [2.05, 4.69) is 25.5 Å². The molecule has 3 aliphatic heterocycles. The summed E-state index contributed by atoms with van der Waals surface area (Å²) in [5.74, 6) is 1.74. The van der Waals surface area contributed by atoms with E-state index < -0.39 is 5.82 Å². The number of rotatable bonds is 9. The van der Waals surface area contributed by atoms with Gasteiger partial charge in [-0.25, -0.2) is 14.4 Å². The zero-order valence-electron chi connectivity index (χ0n) is 22.8. The van der Waals surface area contributed by atoms with Crippen LogP contribution < -0.4 is 15.4 Å². The monoisotopic (exact) mass is 595 g/mol. The normalized spacial score (nSPS) is 26.8. The van der Waals surface area contributed by atoms with Crippen molar-refractivity contribution in [1.29, 1.82) is 0 Å². The zero-order chi connectivity index (χ0) is 28.6. The maximum absolute atomic E-state index is 13.7.